The van der Waals surface area contributed by atoms with E-state index in [1.54, 1.807) is 12.1 Å². The Morgan fingerprint density at radius 3 is 2.68 bits per heavy atom. The molecule has 0 spiro atoms. The molecule has 0 atom stereocenters. The molecule has 2 aromatic rings. The van der Waals surface area contributed by atoms with Gasteiger partial charge in [-0.2, -0.15) is 0 Å². The van der Waals surface area contributed by atoms with E-state index in [0.717, 1.165) is 14.9 Å². The summed E-state index contributed by atoms with van der Waals surface area (Å²) in [7, 11) is 0. The monoisotopic (exact) mass is 418 g/mol. The van der Waals surface area contributed by atoms with Crippen LogP contribution < -0.4 is 10.6 Å². The first-order valence-electron chi connectivity index (χ1n) is 7.96. The zero-order valence-electron chi connectivity index (χ0n) is 14.1. The van der Waals surface area contributed by atoms with Crippen LogP contribution in [0.4, 0.5) is 5.69 Å². The van der Waals surface area contributed by atoms with Gasteiger partial charge in [0.2, 0.25) is 5.91 Å². The Morgan fingerprint density at radius 2 is 1.96 bits per heavy atom. The number of fused-ring (bicyclic) bond motifs is 1. The highest BCUT2D eigenvalue weighted by molar-refractivity contribution is 9.10. The maximum atomic E-state index is 12.5. The third-order valence-electron chi connectivity index (χ3n) is 4.19. The fourth-order valence-corrected chi connectivity index (χ4v) is 3.68. The van der Waals surface area contributed by atoms with Gasteiger partial charge in [0, 0.05) is 26.9 Å². The lowest BCUT2D eigenvalue weighted by atomic mass is 9.84. The SMILES string of the molecule is CC(C)(CNC(=O)c1ccc2c(c1)NC(=O)CS2)c1ccc(Br)cc1. The lowest BCUT2D eigenvalue weighted by Crippen LogP contribution is -2.36. The number of nitrogens with one attached hydrogen (secondary N) is 2. The molecule has 6 heteroatoms. The second-order valence-corrected chi connectivity index (χ2v) is 8.55. The highest BCUT2D eigenvalue weighted by atomic mass is 79.9. The topological polar surface area (TPSA) is 58.2 Å². The van der Waals surface area contributed by atoms with E-state index in [4.69, 9.17) is 0 Å². The normalized spacial score (nSPS) is 13.8. The smallest absolute Gasteiger partial charge is 0.251 e. The standard InChI is InChI=1S/C19H19BrN2O2S/c1-19(2,13-4-6-14(20)7-5-13)11-21-18(24)12-3-8-16-15(9-12)22-17(23)10-25-16/h3-9H,10-11H2,1-2H3,(H,21,24)(H,22,23). The minimum Gasteiger partial charge on any atom is -0.351 e. The predicted octanol–water partition coefficient (Wildman–Crippen LogP) is 4.20. The molecule has 2 N–H and O–H groups in total. The van der Waals surface area contributed by atoms with Gasteiger partial charge < -0.3 is 10.6 Å². The molecule has 130 valence electrons. The van der Waals surface area contributed by atoms with Crippen LogP contribution in [0, 0.1) is 0 Å². The molecule has 2 aromatic carbocycles. The fraction of sp³-hybridized carbons (Fsp3) is 0.263. The van der Waals surface area contributed by atoms with Crippen LogP contribution in [0.1, 0.15) is 29.8 Å². The van der Waals surface area contributed by atoms with Crippen molar-refractivity contribution < 1.29 is 9.59 Å². The van der Waals surface area contributed by atoms with Crippen molar-refractivity contribution >= 4 is 45.2 Å². The van der Waals surface area contributed by atoms with Gasteiger partial charge in [-0.1, -0.05) is 41.9 Å². The second kappa shape index (κ2) is 7.22. The third kappa shape index (κ3) is 4.25. The van der Waals surface area contributed by atoms with Gasteiger partial charge in [-0.05, 0) is 35.9 Å². The average Bonchev–Trinajstić information content (AvgIpc) is 2.59. The van der Waals surface area contributed by atoms with Crippen molar-refractivity contribution in [1.82, 2.24) is 5.32 Å². The van der Waals surface area contributed by atoms with Gasteiger partial charge in [-0.15, -0.1) is 11.8 Å². The van der Waals surface area contributed by atoms with E-state index in [1.807, 2.05) is 18.2 Å². The molecule has 0 saturated carbocycles. The van der Waals surface area contributed by atoms with Crippen LogP contribution in [-0.2, 0) is 10.2 Å². The van der Waals surface area contributed by atoms with E-state index in [9.17, 15) is 9.59 Å². The fourth-order valence-electron chi connectivity index (χ4n) is 2.63. The zero-order chi connectivity index (χ0) is 18.0. The van der Waals surface area contributed by atoms with Crippen LogP contribution in [0.3, 0.4) is 0 Å². The maximum absolute atomic E-state index is 12.5. The lowest BCUT2D eigenvalue weighted by molar-refractivity contribution is -0.113. The van der Waals surface area contributed by atoms with Gasteiger partial charge in [-0.3, -0.25) is 9.59 Å². The van der Waals surface area contributed by atoms with Crippen LogP contribution in [-0.4, -0.2) is 24.1 Å². The number of rotatable bonds is 4. The second-order valence-electron chi connectivity index (χ2n) is 6.62. The summed E-state index contributed by atoms with van der Waals surface area (Å²) in [5, 5.41) is 5.81. The first-order valence-corrected chi connectivity index (χ1v) is 9.74. The highest BCUT2D eigenvalue weighted by Crippen LogP contribution is 2.32. The lowest BCUT2D eigenvalue weighted by Gasteiger charge is -2.26. The number of thioether (sulfide) groups is 1. The van der Waals surface area contributed by atoms with Crippen molar-refractivity contribution in [2.24, 2.45) is 0 Å². The van der Waals surface area contributed by atoms with Gasteiger partial charge >= 0.3 is 0 Å². The van der Waals surface area contributed by atoms with Crippen molar-refractivity contribution in [3.05, 3.63) is 58.1 Å². The summed E-state index contributed by atoms with van der Waals surface area (Å²) >= 11 is 4.92. The van der Waals surface area contributed by atoms with Crippen molar-refractivity contribution in [3.63, 3.8) is 0 Å². The molecule has 1 aliphatic rings. The Kier molecular flexibility index (Phi) is 5.20. The number of anilines is 1. The van der Waals surface area contributed by atoms with Gasteiger partial charge in [0.15, 0.2) is 0 Å². The molecule has 1 aliphatic heterocycles. The van der Waals surface area contributed by atoms with Gasteiger partial charge in [0.05, 0.1) is 11.4 Å². The molecule has 2 amide bonds. The summed E-state index contributed by atoms with van der Waals surface area (Å²) in [5.41, 5.74) is 2.23. The van der Waals surface area contributed by atoms with E-state index in [1.165, 1.54) is 11.8 Å². The summed E-state index contributed by atoms with van der Waals surface area (Å²) in [6.07, 6.45) is 0. The molecule has 0 radical (unpaired) electrons. The molecule has 4 nitrogen and oxygen atoms in total. The Balaban J connectivity index is 1.69. The Labute approximate surface area is 159 Å². The zero-order valence-corrected chi connectivity index (χ0v) is 16.5. The molecule has 3 rings (SSSR count). The van der Waals surface area contributed by atoms with E-state index in [-0.39, 0.29) is 17.2 Å². The highest BCUT2D eigenvalue weighted by Gasteiger charge is 2.22. The summed E-state index contributed by atoms with van der Waals surface area (Å²) in [6.45, 7) is 4.71. The van der Waals surface area contributed by atoms with Crippen LogP contribution in [0.25, 0.3) is 0 Å². The van der Waals surface area contributed by atoms with Crippen molar-refractivity contribution in [2.45, 2.75) is 24.2 Å². The van der Waals surface area contributed by atoms with Crippen LogP contribution in [0.2, 0.25) is 0 Å². The molecule has 0 bridgehead atoms. The van der Waals surface area contributed by atoms with E-state index < -0.39 is 0 Å². The molecule has 1 heterocycles. The number of carbonyl (C=O) groups excluding carboxylic acids is 2. The first-order chi connectivity index (χ1) is 11.8. The molecular formula is C19H19BrN2O2S. The van der Waals surface area contributed by atoms with E-state index >= 15 is 0 Å². The maximum Gasteiger partial charge on any atom is 0.251 e. The van der Waals surface area contributed by atoms with Crippen LogP contribution in [0.5, 0.6) is 0 Å². The molecule has 0 saturated heterocycles. The average molecular weight is 419 g/mol. The first kappa shape index (κ1) is 18.0. The number of hydrogen-bond acceptors (Lipinski definition) is 3. The minimum atomic E-state index is -0.186. The molecule has 0 fully saturated rings. The van der Waals surface area contributed by atoms with E-state index in [2.05, 4.69) is 52.5 Å². The molecule has 0 aliphatic carbocycles. The summed E-state index contributed by atoms with van der Waals surface area (Å²) in [6, 6.07) is 13.5. The molecular weight excluding hydrogens is 400 g/mol. The number of halogens is 1. The Morgan fingerprint density at radius 1 is 1.24 bits per heavy atom. The van der Waals surface area contributed by atoms with Gasteiger partial charge in [0.25, 0.3) is 5.91 Å². The number of benzene rings is 2. The molecule has 0 unspecified atom stereocenters. The third-order valence-corrected chi connectivity index (χ3v) is 5.79. The quantitative estimate of drug-likeness (QED) is 0.781. The summed E-state index contributed by atoms with van der Waals surface area (Å²) < 4.78 is 1.03. The summed E-state index contributed by atoms with van der Waals surface area (Å²) in [4.78, 5) is 25.0. The van der Waals surface area contributed by atoms with Gasteiger partial charge in [-0.25, -0.2) is 0 Å². The molecule has 25 heavy (non-hydrogen) atoms. The summed E-state index contributed by atoms with van der Waals surface area (Å²) in [5.74, 6) is 0.240. The van der Waals surface area contributed by atoms with Gasteiger partial charge in [0.1, 0.15) is 0 Å². The predicted molar refractivity (Wildman–Crippen MR) is 105 cm³/mol. The number of hydrogen-bond donors (Lipinski definition) is 2. The van der Waals surface area contributed by atoms with Crippen molar-refractivity contribution in [2.75, 3.05) is 17.6 Å². The number of amides is 2. The Bertz CT molecular complexity index is 819. The van der Waals surface area contributed by atoms with Crippen molar-refractivity contribution in [3.8, 4) is 0 Å². The van der Waals surface area contributed by atoms with Crippen molar-refractivity contribution in [1.29, 1.82) is 0 Å². The largest absolute Gasteiger partial charge is 0.351 e. The van der Waals surface area contributed by atoms with Crippen LogP contribution >= 0.6 is 27.7 Å². The van der Waals surface area contributed by atoms with Crippen LogP contribution in [0.15, 0.2) is 51.8 Å². The number of carbonyl (C=O) groups is 2. The Hall–Kier alpha value is -1.79. The van der Waals surface area contributed by atoms with E-state index in [0.29, 0.717) is 23.5 Å². The molecule has 0 aromatic heterocycles. The minimum absolute atomic E-state index is 0.0357.